The maximum absolute atomic E-state index is 5.94. The van der Waals surface area contributed by atoms with Gasteiger partial charge in [-0.25, -0.2) is 0 Å². The second-order valence-electron chi connectivity index (χ2n) is 5.96. The third-order valence-corrected chi connectivity index (χ3v) is 3.63. The topological polar surface area (TPSA) is 21.3 Å². The van der Waals surface area contributed by atoms with E-state index in [0.717, 1.165) is 26.0 Å². The molecule has 2 atom stereocenters. The summed E-state index contributed by atoms with van der Waals surface area (Å²) < 4.78 is 5.94. The zero-order chi connectivity index (χ0) is 12.9. The monoisotopic (exact) mass is 237 g/mol. The van der Waals surface area contributed by atoms with E-state index in [0.29, 0.717) is 18.1 Å². The van der Waals surface area contributed by atoms with Crippen LogP contribution >= 0.6 is 0 Å². The average Bonchev–Trinajstić information content (AvgIpc) is 2.25. The van der Waals surface area contributed by atoms with E-state index in [-0.39, 0.29) is 5.41 Å². The Morgan fingerprint density at radius 2 is 2.12 bits per heavy atom. The highest BCUT2D eigenvalue weighted by Gasteiger charge is 2.48. The van der Waals surface area contributed by atoms with Gasteiger partial charge in [-0.15, -0.1) is 11.8 Å². The molecular weight excluding hydrogens is 210 g/mol. The summed E-state index contributed by atoms with van der Waals surface area (Å²) in [6.45, 7) is 12.8. The molecule has 1 N–H and O–H groups in total. The lowest BCUT2D eigenvalue weighted by Crippen LogP contribution is -2.61. The molecule has 0 spiro atoms. The Morgan fingerprint density at radius 1 is 1.41 bits per heavy atom. The van der Waals surface area contributed by atoms with Crippen molar-refractivity contribution in [3.63, 3.8) is 0 Å². The van der Waals surface area contributed by atoms with Gasteiger partial charge < -0.3 is 10.1 Å². The Balaban J connectivity index is 2.25. The van der Waals surface area contributed by atoms with E-state index < -0.39 is 0 Å². The molecule has 0 amide bonds. The standard InChI is InChI=1S/C15H27NO/c1-6-7-8-9-16-13-10-14(15(13,4)5)17-11-12(2)3/h12-14,16H,8-11H2,1-5H3. The first-order chi connectivity index (χ1) is 7.98. The molecule has 17 heavy (non-hydrogen) atoms. The van der Waals surface area contributed by atoms with Gasteiger partial charge in [0, 0.05) is 31.0 Å². The van der Waals surface area contributed by atoms with Gasteiger partial charge >= 0.3 is 0 Å². The molecule has 0 aromatic rings. The molecule has 2 heteroatoms. The first kappa shape index (κ1) is 14.5. The van der Waals surface area contributed by atoms with Crippen LogP contribution in [0.4, 0.5) is 0 Å². The van der Waals surface area contributed by atoms with Crippen molar-refractivity contribution in [2.24, 2.45) is 11.3 Å². The molecular formula is C15H27NO. The fourth-order valence-corrected chi connectivity index (χ4v) is 2.26. The van der Waals surface area contributed by atoms with Crippen LogP contribution in [0.15, 0.2) is 0 Å². The number of ether oxygens (including phenoxy) is 1. The van der Waals surface area contributed by atoms with Crippen LogP contribution in [-0.2, 0) is 4.74 Å². The molecule has 2 nitrogen and oxygen atoms in total. The second kappa shape index (κ2) is 6.42. The summed E-state index contributed by atoms with van der Waals surface area (Å²) in [7, 11) is 0. The van der Waals surface area contributed by atoms with Crippen molar-refractivity contribution >= 4 is 0 Å². The molecule has 0 aliphatic heterocycles. The predicted octanol–water partition coefficient (Wildman–Crippen LogP) is 2.83. The Bertz CT molecular complexity index is 285. The Kier molecular flexibility index (Phi) is 5.49. The van der Waals surface area contributed by atoms with Crippen LogP contribution < -0.4 is 5.32 Å². The highest BCUT2D eigenvalue weighted by atomic mass is 16.5. The van der Waals surface area contributed by atoms with E-state index in [2.05, 4.69) is 44.9 Å². The third-order valence-electron chi connectivity index (χ3n) is 3.63. The van der Waals surface area contributed by atoms with E-state index in [1.54, 1.807) is 0 Å². The van der Waals surface area contributed by atoms with Gasteiger partial charge in [0.05, 0.1) is 6.10 Å². The summed E-state index contributed by atoms with van der Waals surface area (Å²) in [6.07, 6.45) is 2.50. The SMILES string of the molecule is CC#CCCNC1CC(OCC(C)C)C1(C)C. The number of rotatable bonds is 6. The van der Waals surface area contributed by atoms with Crippen molar-refractivity contribution in [2.45, 2.75) is 59.6 Å². The van der Waals surface area contributed by atoms with E-state index in [4.69, 9.17) is 4.74 Å². The Morgan fingerprint density at radius 3 is 2.65 bits per heavy atom. The molecule has 98 valence electrons. The van der Waals surface area contributed by atoms with Crippen molar-refractivity contribution in [1.82, 2.24) is 5.32 Å². The van der Waals surface area contributed by atoms with Crippen molar-refractivity contribution < 1.29 is 4.74 Å². The average molecular weight is 237 g/mol. The highest BCUT2D eigenvalue weighted by molar-refractivity contribution is 5.03. The molecule has 1 aliphatic carbocycles. The molecule has 0 aromatic heterocycles. The van der Waals surface area contributed by atoms with Gasteiger partial charge in [-0.1, -0.05) is 27.7 Å². The molecule has 0 radical (unpaired) electrons. The molecule has 0 heterocycles. The highest BCUT2D eigenvalue weighted by Crippen LogP contribution is 2.42. The number of hydrogen-bond donors (Lipinski definition) is 1. The Labute approximate surface area is 107 Å². The van der Waals surface area contributed by atoms with Crippen LogP contribution in [0.25, 0.3) is 0 Å². The van der Waals surface area contributed by atoms with Gasteiger partial charge in [0.15, 0.2) is 0 Å². The zero-order valence-electron chi connectivity index (χ0n) is 12.0. The maximum atomic E-state index is 5.94. The normalized spacial score (nSPS) is 26.2. The fourth-order valence-electron chi connectivity index (χ4n) is 2.26. The largest absolute Gasteiger partial charge is 0.377 e. The van der Waals surface area contributed by atoms with Crippen LogP contribution in [0.5, 0.6) is 0 Å². The molecule has 1 rings (SSSR count). The molecule has 1 aliphatic rings. The summed E-state index contributed by atoms with van der Waals surface area (Å²) in [6, 6.07) is 0.582. The van der Waals surface area contributed by atoms with E-state index in [1.165, 1.54) is 0 Å². The van der Waals surface area contributed by atoms with Crippen molar-refractivity contribution in [3.8, 4) is 11.8 Å². The van der Waals surface area contributed by atoms with Crippen LogP contribution in [0.3, 0.4) is 0 Å². The molecule has 0 aromatic carbocycles. The first-order valence-corrected chi connectivity index (χ1v) is 6.73. The quantitative estimate of drug-likeness (QED) is 0.566. The molecule has 1 saturated carbocycles. The van der Waals surface area contributed by atoms with Crippen LogP contribution in [0, 0.1) is 23.2 Å². The summed E-state index contributed by atoms with van der Waals surface area (Å²) >= 11 is 0. The van der Waals surface area contributed by atoms with E-state index in [9.17, 15) is 0 Å². The maximum Gasteiger partial charge on any atom is 0.0656 e. The van der Waals surface area contributed by atoms with Crippen molar-refractivity contribution in [3.05, 3.63) is 0 Å². The van der Waals surface area contributed by atoms with E-state index >= 15 is 0 Å². The lowest BCUT2D eigenvalue weighted by molar-refractivity contribution is -0.123. The fraction of sp³-hybridized carbons (Fsp3) is 0.867. The molecule has 0 saturated heterocycles. The summed E-state index contributed by atoms with van der Waals surface area (Å²) in [5, 5.41) is 3.58. The van der Waals surface area contributed by atoms with Gasteiger partial charge in [-0.3, -0.25) is 0 Å². The summed E-state index contributed by atoms with van der Waals surface area (Å²) in [5.74, 6) is 6.63. The van der Waals surface area contributed by atoms with Crippen molar-refractivity contribution in [2.75, 3.05) is 13.2 Å². The Hall–Kier alpha value is -0.520. The van der Waals surface area contributed by atoms with Gasteiger partial charge in [0.1, 0.15) is 0 Å². The van der Waals surface area contributed by atoms with Crippen LogP contribution in [0.1, 0.15) is 47.5 Å². The number of hydrogen-bond acceptors (Lipinski definition) is 2. The zero-order valence-corrected chi connectivity index (χ0v) is 12.0. The number of nitrogens with one attached hydrogen (secondary N) is 1. The summed E-state index contributed by atoms with van der Waals surface area (Å²) in [5.41, 5.74) is 0.258. The molecule has 0 bridgehead atoms. The minimum Gasteiger partial charge on any atom is -0.377 e. The first-order valence-electron chi connectivity index (χ1n) is 6.73. The van der Waals surface area contributed by atoms with Gasteiger partial charge in [-0.2, -0.15) is 0 Å². The summed E-state index contributed by atoms with van der Waals surface area (Å²) in [4.78, 5) is 0. The molecule has 1 fully saturated rings. The predicted molar refractivity (Wildman–Crippen MR) is 72.8 cm³/mol. The minimum absolute atomic E-state index is 0.258. The van der Waals surface area contributed by atoms with Gasteiger partial charge in [0.2, 0.25) is 0 Å². The van der Waals surface area contributed by atoms with Gasteiger partial charge in [-0.05, 0) is 19.3 Å². The van der Waals surface area contributed by atoms with Crippen LogP contribution in [0.2, 0.25) is 0 Å². The third kappa shape index (κ3) is 4.01. The van der Waals surface area contributed by atoms with Crippen LogP contribution in [-0.4, -0.2) is 25.3 Å². The van der Waals surface area contributed by atoms with E-state index in [1.807, 2.05) is 6.92 Å². The second-order valence-corrected chi connectivity index (χ2v) is 5.96. The lowest BCUT2D eigenvalue weighted by Gasteiger charge is -2.52. The van der Waals surface area contributed by atoms with Gasteiger partial charge in [0.25, 0.3) is 0 Å². The van der Waals surface area contributed by atoms with Crippen molar-refractivity contribution in [1.29, 1.82) is 0 Å². The molecule has 2 unspecified atom stereocenters. The minimum atomic E-state index is 0.258. The lowest BCUT2D eigenvalue weighted by atomic mass is 9.64. The smallest absolute Gasteiger partial charge is 0.0656 e.